The standard InChI is InChI=1S/C11H13ClN2O2/c12-11-2-1-9(14(15)16)7-10(11)8-3-5-13-6-4-8/h1-2,7-8,13H,3-6H2. The Labute approximate surface area is 98.8 Å². The monoisotopic (exact) mass is 240 g/mol. The summed E-state index contributed by atoms with van der Waals surface area (Å²) in [6, 6.07) is 4.68. The van der Waals surface area contributed by atoms with E-state index < -0.39 is 0 Å². The van der Waals surface area contributed by atoms with Crippen LogP contribution in [0.4, 0.5) is 5.69 Å². The van der Waals surface area contributed by atoms with Gasteiger partial charge in [0.1, 0.15) is 0 Å². The van der Waals surface area contributed by atoms with Gasteiger partial charge in [-0.25, -0.2) is 0 Å². The number of nitrogens with one attached hydrogen (secondary N) is 1. The summed E-state index contributed by atoms with van der Waals surface area (Å²) in [4.78, 5) is 10.3. The lowest BCUT2D eigenvalue weighted by atomic mass is 9.90. The molecule has 0 saturated carbocycles. The zero-order valence-electron chi connectivity index (χ0n) is 8.78. The molecule has 16 heavy (non-hydrogen) atoms. The zero-order valence-corrected chi connectivity index (χ0v) is 9.54. The van der Waals surface area contributed by atoms with E-state index in [1.165, 1.54) is 6.07 Å². The largest absolute Gasteiger partial charge is 0.317 e. The van der Waals surface area contributed by atoms with Crippen LogP contribution in [-0.2, 0) is 0 Å². The minimum Gasteiger partial charge on any atom is -0.317 e. The number of non-ortho nitro benzene ring substituents is 1. The second-order valence-corrected chi connectivity index (χ2v) is 4.39. The van der Waals surface area contributed by atoms with Crippen LogP contribution in [0.1, 0.15) is 24.3 Å². The van der Waals surface area contributed by atoms with E-state index >= 15 is 0 Å². The van der Waals surface area contributed by atoms with E-state index in [2.05, 4.69) is 5.32 Å². The number of nitrogens with zero attached hydrogens (tertiary/aromatic N) is 1. The summed E-state index contributed by atoms with van der Waals surface area (Å²) in [6.45, 7) is 1.90. The Hall–Kier alpha value is -1.13. The van der Waals surface area contributed by atoms with Crippen LogP contribution >= 0.6 is 11.6 Å². The van der Waals surface area contributed by atoms with Crippen molar-refractivity contribution in [2.24, 2.45) is 0 Å². The summed E-state index contributed by atoms with van der Waals surface area (Å²) in [5.41, 5.74) is 1.04. The van der Waals surface area contributed by atoms with Gasteiger partial charge in [0.05, 0.1) is 4.92 Å². The zero-order chi connectivity index (χ0) is 11.5. The predicted octanol–water partition coefficient (Wildman–Crippen LogP) is 2.72. The predicted molar refractivity (Wildman–Crippen MR) is 63.0 cm³/mol. The highest BCUT2D eigenvalue weighted by Crippen LogP contribution is 2.33. The first-order chi connectivity index (χ1) is 7.68. The average molecular weight is 241 g/mol. The maximum absolute atomic E-state index is 10.7. The maximum Gasteiger partial charge on any atom is 0.269 e. The highest BCUT2D eigenvalue weighted by Gasteiger charge is 2.20. The fraction of sp³-hybridized carbons (Fsp3) is 0.455. The molecule has 1 aliphatic rings. The van der Waals surface area contributed by atoms with Crippen LogP contribution in [0.15, 0.2) is 18.2 Å². The van der Waals surface area contributed by atoms with Crippen molar-refractivity contribution in [2.45, 2.75) is 18.8 Å². The summed E-state index contributed by atoms with van der Waals surface area (Å²) in [5, 5.41) is 14.6. The van der Waals surface area contributed by atoms with Crippen LogP contribution in [0.3, 0.4) is 0 Å². The molecule has 1 heterocycles. The van der Waals surface area contributed by atoms with Crippen LogP contribution in [-0.4, -0.2) is 18.0 Å². The SMILES string of the molecule is O=[N+]([O-])c1ccc(Cl)c(C2CCNCC2)c1. The van der Waals surface area contributed by atoms with E-state index in [-0.39, 0.29) is 10.6 Å². The number of piperidine rings is 1. The molecule has 5 heteroatoms. The Morgan fingerprint density at radius 2 is 2.06 bits per heavy atom. The van der Waals surface area contributed by atoms with Crippen molar-refractivity contribution >= 4 is 17.3 Å². The van der Waals surface area contributed by atoms with Crippen molar-refractivity contribution in [3.63, 3.8) is 0 Å². The van der Waals surface area contributed by atoms with Gasteiger partial charge in [-0.3, -0.25) is 10.1 Å². The third-order valence-corrected chi connectivity index (χ3v) is 3.31. The summed E-state index contributed by atoms with van der Waals surface area (Å²) in [5.74, 6) is 0.341. The van der Waals surface area contributed by atoms with Crippen LogP contribution in [0.5, 0.6) is 0 Å². The molecule has 86 valence electrons. The number of benzene rings is 1. The first kappa shape index (κ1) is 11.4. The van der Waals surface area contributed by atoms with Gasteiger partial charge in [-0.1, -0.05) is 11.6 Å². The molecule has 1 aromatic rings. The summed E-state index contributed by atoms with van der Waals surface area (Å²) in [6.07, 6.45) is 1.97. The van der Waals surface area contributed by atoms with Crippen molar-refractivity contribution in [3.8, 4) is 0 Å². The van der Waals surface area contributed by atoms with Gasteiger partial charge in [-0.2, -0.15) is 0 Å². The fourth-order valence-corrected chi connectivity index (χ4v) is 2.36. The van der Waals surface area contributed by atoms with Gasteiger partial charge in [0, 0.05) is 17.2 Å². The third-order valence-electron chi connectivity index (χ3n) is 2.97. The van der Waals surface area contributed by atoms with E-state index in [1.54, 1.807) is 12.1 Å². The van der Waals surface area contributed by atoms with Crippen LogP contribution < -0.4 is 5.32 Å². The number of rotatable bonds is 2. The molecule has 0 bridgehead atoms. The Bertz CT molecular complexity index is 403. The molecule has 1 aliphatic heterocycles. The van der Waals surface area contributed by atoms with Crippen molar-refractivity contribution in [1.29, 1.82) is 0 Å². The molecule has 2 rings (SSSR count). The number of hydrogen-bond donors (Lipinski definition) is 1. The fourth-order valence-electron chi connectivity index (χ4n) is 2.09. The Morgan fingerprint density at radius 1 is 1.38 bits per heavy atom. The Balaban J connectivity index is 2.30. The number of halogens is 1. The van der Waals surface area contributed by atoms with Crippen molar-refractivity contribution < 1.29 is 4.92 Å². The van der Waals surface area contributed by atoms with Crippen molar-refractivity contribution in [2.75, 3.05) is 13.1 Å². The van der Waals surface area contributed by atoms with E-state index in [0.717, 1.165) is 31.5 Å². The third kappa shape index (κ3) is 2.33. The lowest BCUT2D eigenvalue weighted by Crippen LogP contribution is -2.26. The normalized spacial score (nSPS) is 17.3. The van der Waals surface area contributed by atoms with Gasteiger partial charge < -0.3 is 5.32 Å². The van der Waals surface area contributed by atoms with Crippen LogP contribution in [0.2, 0.25) is 5.02 Å². The van der Waals surface area contributed by atoms with E-state index in [1.807, 2.05) is 0 Å². The Morgan fingerprint density at radius 3 is 2.69 bits per heavy atom. The minimum atomic E-state index is -0.374. The lowest BCUT2D eigenvalue weighted by Gasteiger charge is -2.23. The molecule has 1 aromatic carbocycles. The van der Waals surface area contributed by atoms with Gasteiger partial charge >= 0.3 is 0 Å². The first-order valence-electron chi connectivity index (χ1n) is 5.33. The van der Waals surface area contributed by atoms with E-state index in [9.17, 15) is 10.1 Å². The highest BCUT2D eigenvalue weighted by molar-refractivity contribution is 6.31. The van der Waals surface area contributed by atoms with Crippen LogP contribution in [0, 0.1) is 10.1 Å². The number of nitro benzene ring substituents is 1. The van der Waals surface area contributed by atoms with E-state index in [4.69, 9.17) is 11.6 Å². The van der Waals surface area contributed by atoms with E-state index in [0.29, 0.717) is 10.9 Å². The molecule has 4 nitrogen and oxygen atoms in total. The molecule has 1 N–H and O–H groups in total. The van der Waals surface area contributed by atoms with Gasteiger partial charge in [-0.15, -0.1) is 0 Å². The molecule has 0 aliphatic carbocycles. The number of hydrogen-bond acceptors (Lipinski definition) is 3. The molecule has 0 radical (unpaired) electrons. The van der Waals surface area contributed by atoms with Crippen molar-refractivity contribution in [1.82, 2.24) is 5.32 Å². The smallest absolute Gasteiger partial charge is 0.269 e. The first-order valence-corrected chi connectivity index (χ1v) is 5.71. The lowest BCUT2D eigenvalue weighted by molar-refractivity contribution is -0.384. The quantitative estimate of drug-likeness (QED) is 0.639. The molecule has 0 aromatic heterocycles. The second kappa shape index (κ2) is 4.80. The highest BCUT2D eigenvalue weighted by atomic mass is 35.5. The van der Waals surface area contributed by atoms with Gasteiger partial charge in [0.2, 0.25) is 0 Å². The summed E-state index contributed by atoms with van der Waals surface area (Å²) < 4.78 is 0. The maximum atomic E-state index is 10.7. The molecule has 1 saturated heterocycles. The number of nitro groups is 1. The van der Waals surface area contributed by atoms with Crippen LogP contribution in [0.25, 0.3) is 0 Å². The molecular weight excluding hydrogens is 228 g/mol. The van der Waals surface area contributed by atoms with Gasteiger partial charge in [-0.05, 0) is 43.5 Å². The summed E-state index contributed by atoms with van der Waals surface area (Å²) in [7, 11) is 0. The van der Waals surface area contributed by atoms with Gasteiger partial charge in [0.15, 0.2) is 0 Å². The minimum absolute atomic E-state index is 0.123. The molecule has 0 unspecified atom stereocenters. The molecule has 0 amide bonds. The topological polar surface area (TPSA) is 55.2 Å². The molecule has 1 fully saturated rings. The Kier molecular flexibility index (Phi) is 3.41. The molecule has 0 spiro atoms. The average Bonchev–Trinajstić information content (AvgIpc) is 2.30. The summed E-state index contributed by atoms with van der Waals surface area (Å²) >= 11 is 6.09. The van der Waals surface area contributed by atoms with Crippen molar-refractivity contribution in [3.05, 3.63) is 38.9 Å². The molecule has 0 atom stereocenters. The molecular formula is C11H13ClN2O2. The second-order valence-electron chi connectivity index (χ2n) is 3.99. The van der Waals surface area contributed by atoms with Gasteiger partial charge in [0.25, 0.3) is 5.69 Å².